The third kappa shape index (κ3) is 2.03. The third-order valence-corrected chi connectivity index (χ3v) is 4.34. The minimum absolute atomic E-state index is 0.238. The van der Waals surface area contributed by atoms with Crippen molar-refractivity contribution in [3.05, 3.63) is 40.3 Å². The molecule has 0 unspecified atom stereocenters. The van der Waals surface area contributed by atoms with Crippen LogP contribution in [0.3, 0.4) is 0 Å². The number of nitrogens with zero attached hydrogens (tertiary/aromatic N) is 3. The maximum Gasteiger partial charge on any atom is 0.231 e. The van der Waals surface area contributed by atoms with Crippen LogP contribution in [0.2, 0.25) is 0 Å². The molecule has 0 N–H and O–H groups in total. The summed E-state index contributed by atoms with van der Waals surface area (Å²) in [6.45, 7) is 0.513. The van der Waals surface area contributed by atoms with E-state index in [1.54, 1.807) is 11.3 Å². The average Bonchev–Trinajstić information content (AvgIpc) is 3.19. The van der Waals surface area contributed by atoms with Gasteiger partial charge in [-0.1, -0.05) is 6.07 Å². The van der Waals surface area contributed by atoms with Crippen LogP contribution in [-0.2, 0) is 13.0 Å². The molecule has 3 aromatic rings. The zero-order valence-electron chi connectivity index (χ0n) is 11.1. The van der Waals surface area contributed by atoms with E-state index in [9.17, 15) is 0 Å². The molecule has 0 saturated carbocycles. The number of rotatable bonds is 3. The Morgan fingerprint density at radius 3 is 2.95 bits per heavy atom. The third-order valence-electron chi connectivity index (χ3n) is 3.46. The molecule has 0 amide bonds. The maximum atomic E-state index is 9.09. The topological polar surface area (TPSA) is 60.1 Å². The Bertz CT molecular complexity index is 846. The first-order valence-corrected chi connectivity index (χ1v) is 7.41. The van der Waals surface area contributed by atoms with E-state index in [0.717, 1.165) is 23.3 Å². The van der Waals surface area contributed by atoms with Crippen molar-refractivity contribution in [2.45, 2.75) is 13.0 Å². The van der Waals surface area contributed by atoms with Crippen LogP contribution < -0.4 is 9.47 Å². The van der Waals surface area contributed by atoms with Crippen molar-refractivity contribution in [1.29, 1.82) is 5.26 Å². The van der Waals surface area contributed by atoms with Gasteiger partial charge in [-0.3, -0.25) is 0 Å². The highest BCUT2D eigenvalue weighted by atomic mass is 32.1. The number of ether oxygens (including phenoxy) is 2. The SMILES string of the molecule is N#CCn1c(Cc2cccs2)nc2cc3c(cc21)OCO3. The van der Waals surface area contributed by atoms with Gasteiger partial charge in [0.1, 0.15) is 12.4 Å². The van der Waals surface area contributed by atoms with E-state index >= 15 is 0 Å². The lowest BCUT2D eigenvalue weighted by Gasteiger charge is -2.04. The van der Waals surface area contributed by atoms with Gasteiger partial charge in [-0.05, 0) is 11.4 Å². The van der Waals surface area contributed by atoms with Gasteiger partial charge in [-0.2, -0.15) is 5.26 Å². The number of hydrogen-bond donors (Lipinski definition) is 0. The van der Waals surface area contributed by atoms with E-state index in [0.29, 0.717) is 11.5 Å². The van der Waals surface area contributed by atoms with Gasteiger partial charge >= 0.3 is 0 Å². The van der Waals surface area contributed by atoms with Crippen molar-refractivity contribution in [2.24, 2.45) is 0 Å². The van der Waals surface area contributed by atoms with Crippen LogP contribution in [0, 0.1) is 11.3 Å². The molecule has 5 nitrogen and oxygen atoms in total. The molecule has 0 fully saturated rings. The largest absolute Gasteiger partial charge is 0.454 e. The second-order valence-electron chi connectivity index (χ2n) is 4.72. The van der Waals surface area contributed by atoms with Crippen LogP contribution in [0.5, 0.6) is 11.5 Å². The van der Waals surface area contributed by atoms with Gasteiger partial charge in [-0.25, -0.2) is 4.98 Å². The van der Waals surface area contributed by atoms with E-state index in [-0.39, 0.29) is 13.3 Å². The number of thiophene rings is 1. The van der Waals surface area contributed by atoms with Crippen LogP contribution in [0.1, 0.15) is 10.7 Å². The maximum absolute atomic E-state index is 9.09. The number of benzene rings is 1. The van der Waals surface area contributed by atoms with E-state index in [1.807, 2.05) is 28.1 Å². The lowest BCUT2D eigenvalue weighted by Crippen LogP contribution is -2.02. The molecule has 0 aliphatic carbocycles. The molecule has 4 rings (SSSR count). The molecule has 0 radical (unpaired) electrons. The zero-order chi connectivity index (χ0) is 14.2. The first-order chi connectivity index (χ1) is 10.3. The van der Waals surface area contributed by atoms with Crippen LogP contribution in [-0.4, -0.2) is 16.3 Å². The molecule has 1 aromatic carbocycles. The Labute approximate surface area is 125 Å². The zero-order valence-corrected chi connectivity index (χ0v) is 11.9. The molecule has 21 heavy (non-hydrogen) atoms. The van der Waals surface area contributed by atoms with Crippen LogP contribution in [0.15, 0.2) is 29.6 Å². The van der Waals surface area contributed by atoms with Crippen molar-refractivity contribution in [3.63, 3.8) is 0 Å². The molecule has 104 valence electrons. The van der Waals surface area contributed by atoms with Gasteiger partial charge in [0.25, 0.3) is 0 Å². The lowest BCUT2D eigenvalue weighted by atomic mass is 10.2. The summed E-state index contributed by atoms with van der Waals surface area (Å²) in [5.41, 5.74) is 1.74. The predicted molar refractivity (Wildman–Crippen MR) is 78.6 cm³/mol. The van der Waals surface area contributed by atoms with Crippen molar-refractivity contribution in [1.82, 2.24) is 9.55 Å². The van der Waals surface area contributed by atoms with Crippen molar-refractivity contribution in [2.75, 3.05) is 6.79 Å². The Hall–Kier alpha value is -2.52. The summed E-state index contributed by atoms with van der Waals surface area (Å²) < 4.78 is 12.7. The van der Waals surface area contributed by atoms with Gasteiger partial charge in [0.15, 0.2) is 11.5 Å². The van der Waals surface area contributed by atoms with Crippen molar-refractivity contribution < 1.29 is 9.47 Å². The summed E-state index contributed by atoms with van der Waals surface area (Å²) in [4.78, 5) is 5.89. The molecule has 6 heteroatoms. The molecule has 1 aliphatic rings. The van der Waals surface area contributed by atoms with E-state index in [2.05, 4.69) is 17.1 Å². The van der Waals surface area contributed by atoms with Crippen molar-refractivity contribution in [3.8, 4) is 17.6 Å². The molecular formula is C15H11N3O2S. The average molecular weight is 297 g/mol. The molecule has 0 saturated heterocycles. The fraction of sp³-hybridized carbons (Fsp3) is 0.200. The monoisotopic (exact) mass is 297 g/mol. The summed E-state index contributed by atoms with van der Waals surface area (Å²) >= 11 is 1.69. The normalized spacial score (nSPS) is 12.7. The Kier molecular flexibility index (Phi) is 2.79. The molecule has 0 spiro atoms. The van der Waals surface area contributed by atoms with Gasteiger partial charge in [0, 0.05) is 23.4 Å². The van der Waals surface area contributed by atoms with Crippen molar-refractivity contribution >= 4 is 22.4 Å². The van der Waals surface area contributed by atoms with E-state index in [4.69, 9.17) is 14.7 Å². The first kappa shape index (κ1) is 12.2. The fourth-order valence-corrected chi connectivity index (χ4v) is 3.22. The van der Waals surface area contributed by atoms with E-state index in [1.165, 1.54) is 4.88 Å². The number of fused-ring (bicyclic) bond motifs is 2. The first-order valence-electron chi connectivity index (χ1n) is 6.53. The summed E-state index contributed by atoms with van der Waals surface area (Å²) in [6.07, 6.45) is 0.723. The summed E-state index contributed by atoms with van der Waals surface area (Å²) in [7, 11) is 0. The van der Waals surface area contributed by atoms with Crippen LogP contribution >= 0.6 is 11.3 Å². The van der Waals surface area contributed by atoms with Gasteiger partial charge in [-0.15, -0.1) is 11.3 Å². The second-order valence-corrected chi connectivity index (χ2v) is 5.75. The molecule has 2 aromatic heterocycles. The fourth-order valence-electron chi connectivity index (χ4n) is 2.52. The Balaban J connectivity index is 1.86. The number of imidazole rings is 1. The smallest absolute Gasteiger partial charge is 0.231 e. The summed E-state index contributed by atoms with van der Waals surface area (Å²) in [6, 6.07) is 10.1. The molecule has 1 aliphatic heterocycles. The number of hydrogen-bond acceptors (Lipinski definition) is 5. The van der Waals surface area contributed by atoms with Gasteiger partial charge in [0.05, 0.1) is 17.1 Å². The van der Waals surface area contributed by atoms with Gasteiger partial charge in [0.2, 0.25) is 6.79 Å². The highest BCUT2D eigenvalue weighted by Crippen LogP contribution is 2.36. The summed E-state index contributed by atoms with van der Waals surface area (Å²) in [5, 5.41) is 11.1. The minimum atomic E-state index is 0.238. The number of nitriles is 1. The molecule has 0 bridgehead atoms. The molecular weight excluding hydrogens is 286 g/mol. The highest BCUT2D eigenvalue weighted by molar-refractivity contribution is 7.09. The second kappa shape index (κ2) is 4.79. The lowest BCUT2D eigenvalue weighted by molar-refractivity contribution is 0.174. The van der Waals surface area contributed by atoms with Gasteiger partial charge < -0.3 is 14.0 Å². The Morgan fingerprint density at radius 1 is 1.33 bits per heavy atom. The molecule has 0 atom stereocenters. The standard InChI is InChI=1S/C15H11N3O2S/c16-3-4-18-12-8-14-13(19-9-20-14)7-11(12)17-15(18)6-10-2-1-5-21-10/h1-2,5,7-8H,4,6,9H2. The Morgan fingerprint density at radius 2 is 2.19 bits per heavy atom. The van der Waals surface area contributed by atoms with Crippen LogP contribution in [0.25, 0.3) is 11.0 Å². The predicted octanol–water partition coefficient (Wildman–Crippen LogP) is 2.94. The van der Waals surface area contributed by atoms with Crippen LogP contribution in [0.4, 0.5) is 0 Å². The molecule has 3 heterocycles. The number of aromatic nitrogens is 2. The quantitative estimate of drug-likeness (QED) is 0.745. The minimum Gasteiger partial charge on any atom is -0.454 e. The highest BCUT2D eigenvalue weighted by Gasteiger charge is 2.19. The van der Waals surface area contributed by atoms with E-state index < -0.39 is 0 Å². The summed E-state index contributed by atoms with van der Waals surface area (Å²) in [5.74, 6) is 2.31.